The molecule has 0 saturated heterocycles. The van der Waals surface area contributed by atoms with E-state index in [9.17, 15) is 5.11 Å². The van der Waals surface area contributed by atoms with Crippen LogP contribution in [-0.2, 0) is 10.8 Å². The van der Waals surface area contributed by atoms with Crippen LogP contribution in [0.25, 0.3) is 72.7 Å². The van der Waals surface area contributed by atoms with Crippen molar-refractivity contribution in [1.29, 1.82) is 0 Å². The lowest BCUT2D eigenvalue weighted by Crippen LogP contribution is -2.12. The normalized spacial score (nSPS) is 14.0. The van der Waals surface area contributed by atoms with Crippen LogP contribution < -0.4 is 0 Å². The summed E-state index contributed by atoms with van der Waals surface area (Å²) in [5.74, 6) is 0.757. The number of phenolic OH excluding ortho intramolecular Hbond substituents is 1. The number of pyridine rings is 1. The number of phenols is 1. The predicted molar refractivity (Wildman–Crippen MR) is 239 cm³/mol. The molecule has 8 rings (SSSR count). The first-order valence-corrected chi connectivity index (χ1v) is 19.3. The number of aryl methyl sites for hydroxylation is 2. The lowest BCUT2D eigenvalue weighted by Gasteiger charge is -2.23. The Morgan fingerprint density at radius 1 is 0.596 bits per heavy atom. The van der Waals surface area contributed by atoms with E-state index in [0.29, 0.717) is 22.6 Å². The van der Waals surface area contributed by atoms with Crippen molar-refractivity contribution in [2.75, 3.05) is 0 Å². The molecule has 0 fully saturated rings. The Morgan fingerprint density at radius 2 is 1.33 bits per heavy atom. The number of nitrogens with zero attached hydrogens (tertiary/aromatic N) is 3. The highest BCUT2D eigenvalue weighted by molar-refractivity contribution is 5.98. The molecule has 284 valence electrons. The average Bonchev–Trinajstić information content (AvgIpc) is 3.63. The van der Waals surface area contributed by atoms with Crippen LogP contribution >= 0.6 is 0 Å². The second kappa shape index (κ2) is 14.4. The number of aromatic nitrogens is 3. The largest absolute Gasteiger partial charge is 0.507 e. The second-order valence-corrected chi connectivity index (χ2v) is 17.0. The highest BCUT2D eigenvalue weighted by atomic mass is 16.3. The Hall–Kier alpha value is -6.26. The van der Waals surface area contributed by atoms with Crippen molar-refractivity contribution in [1.82, 2.24) is 14.5 Å². The van der Waals surface area contributed by atoms with Crippen molar-refractivity contribution < 1.29 is 14.7 Å². The molecule has 8 aromatic rings. The molecule has 2 heterocycles. The van der Waals surface area contributed by atoms with E-state index in [1.165, 1.54) is 5.56 Å². The maximum Gasteiger partial charge on any atom is 0.149 e. The fraction of sp³-hybridized carbons (Fsp3) is 0.208. The summed E-state index contributed by atoms with van der Waals surface area (Å²) in [6.07, 6.45) is 1.57. The second-order valence-electron chi connectivity index (χ2n) is 17.0. The first-order chi connectivity index (χ1) is 30.0. The summed E-state index contributed by atoms with van der Waals surface area (Å²) in [7, 11) is 0. The van der Waals surface area contributed by atoms with Crippen LogP contribution in [0.1, 0.15) is 79.0 Å². The number of imidazole rings is 1. The minimum absolute atomic E-state index is 0.00160. The molecule has 0 amide bonds. The Bertz CT molecular complexity index is 3110. The highest BCUT2D eigenvalue weighted by Crippen LogP contribution is 2.43. The number of benzene rings is 6. The molecule has 0 saturated carbocycles. The van der Waals surface area contributed by atoms with Crippen molar-refractivity contribution in [3.63, 3.8) is 0 Å². The Kier molecular flexibility index (Phi) is 7.54. The van der Waals surface area contributed by atoms with Gasteiger partial charge in [0.2, 0.25) is 0 Å². The number of hydrogen-bond donors (Lipinski definition) is 1. The van der Waals surface area contributed by atoms with Gasteiger partial charge in [-0.1, -0.05) is 132 Å². The van der Waals surface area contributed by atoms with Crippen molar-refractivity contribution in [3.05, 3.63) is 167 Å². The van der Waals surface area contributed by atoms with Gasteiger partial charge in [-0.3, -0.25) is 9.55 Å². The van der Waals surface area contributed by atoms with Crippen molar-refractivity contribution >= 4 is 11.0 Å². The zero-order valence-electron chi connectivity index (χ0n) is 40.8. The fourth-order valence-electron chi connectivity index (χ4n) is 7.50. The SMILES string of the molecule is [2H]c1c([2H])c(C([2H])([2H])[2H])c([2H])c([2H])c1-c1ccnc(-c2cc(-c3cccc4c3nc(-c3cc(C)cc(C)c3O)n4-c3ccc(C(C)(C)C)cc3-c3ccccc3)cc(C(C)(C)C)c2)c1. The third kappa shape index (κ3) is 7.29. The molecule has 0 bridgehead atoms. The molecule has 0 unspecified atom stereocenters. The molecule has 0 spiro atoms. The standard InChI is InChI=1S/C53H51N3O/c1-33-18-20-36(21-19-33)38-24-25-54-46(31-38)40-28-39(29-42(30-40)53(7,8)9)43-16-13-17-48-49(43)55-51(45-27-34(2)26-35(3)50(45)57)56(48)47-23-22-41(52(4,5)6)32-44(47)37-14-11-10-12-15-37/h10-32,57H,1-9H3/i1D3,18D,19D,20D,21D. The summed E-state index contributed by atoms with van der Waals surface area (Å²) in [5.41, 5.74) is 11.5. The minimum Gasteiger partial charge on any atom is -0.507 e. The van der Waals surface area contributed by atoms with Crippen LogP contribution in [-0.4, -0.2) is 19.6 Å². The van der Waals surface area contributed by atoms with Crippen molar-refractivity contribution in [2.24, 2.45) is 0 Å². The van der Waals surface area contributed by atoms with E-state index in [4.69, 9.17) is 19.6 Å². The molecule has 0 atom stereocenters. The molecular formula is C53H51N3O. The van der Waals surface area contributed by atoms with E-state index >= 15 is 0 Å². The van der Waals surface area contributed by atoms with Gasteiger partial charge in [-0.15, -0.1) is 0 Å². The van der Waals surface area contributed by atoms with Crippen LogP contribution in [0.5, 0.6) is 5.75 Å². The molecule has 6 aromatic carbocycles. The monoisotopic (exact) mass is 752 g/mol. The van der Waals surface area contributed by atoms with Gasteiger partial charge in [0.05, 0.1) is 33.5 Å². The van der Waals surface area contributed by atoms with Gasteiger partial charge >= 0.3 is 0 Å². The molecule has 0 aliphatic carbocycles. The van der Waals surface area contributed by atoms with Gasteiger partial charge in [-0.25, -0.2) is 4.98 Å². The number of rotatable bonds is 6. The van der Waals surface area contributed by atoms with Crippen molar-refractivity contribution in [2.45, 2.75) is 73.1 Å². The highest BCUT2D eigenvalue weighted by Gasteiger charge is 2.25. The minimum atomic E-state index is -2.81. The van der Waals surface area contributed by atoms with Crippen LogP contribution in [0.15, 0.2) is 140 Å². The van der Waals surface area contributed by atoms with Gasteiger partial charge in [0.1, 0.15) is 11.6 Å². The van der Waals surface area contributed by atoms with Crippen LogP contribution in [0.3, 0.4) is 0 Å². The van der Waals surface area contributed by atoms with Crippen LogP contribution in [0.2, 0.25) is 0 Å². The van der Waals surface area contributed by atoms with Crippen molar-refractivity contribution in [3.8, 4) is 67.5 Å². The smallest absolute Gasteiger partial charge is 0.149 e. The third-order valence-corrected chi connectivity index (χ3v) is 10.6. The summed E-state index contributed by atoms with van der Waals surface area (Å²) in [6.45, 7) is 14.1. The topological polar surface area (TPSA) is 50.9 Å². The van der Waals surface area contributed by atoms with Gasteiger partial charge in [-0.2, -0.15) is 0 Å². The lowest BCUT2D eigenvalue weighted by atomic mass is 9.83. The Labute approximate surface area is 347 Å². The summed E-state index contributed by atoms with van der Waals surface area (Å²) in [4.78, 5) is 10.2. The number of fused-ring (bicyclic) bond motifs is 1. The van der Waals surface area contributed by atoms with Crippen LogP contribution in [0.4, 0.5) is 0 Å². The average molecular weight is 753 g/mol. The quantitative estimate of drug-likeness (QED) is 0.184. The van der Waals surface area contributed by atoms with Crippen LogP contribution in [0, 0.1) is 20.7 Å². The third-order valence-electron chi connectivity index (χ3n) is 10.6. The Balaban J connectivity index is 1.39. The van der Waals surface area contributed by atoms with Gasteiger partial charge in [-0.05, 0) is 125 Å². The summed E-state index contributed by atoms with van der Waals surface area (Å²) >= 11 is 0. The molecule has 2 aromatic heterocycles. The molecule has 4 heteroatoms. The van der Waals surface area contributed by atoms with Gasteiger partial charge in [0.25, 0.3) is 0 Å². The maximum atomic E-state index is 11.8. The van der Waals surface area contributed by atoms with E-state index in [2.05, 4.69) is 101 Å². The zero-order valence-corrected chi connectivity index (χ0v) is 33.8. The number of aromatic hydroxyl groups is 1. The van der Waals surface area contributed by atoms with Gasteiger partial charge in [0.15, 0.2) is 0 Å². The maximum absolute atomic E-state index is 11.8. The first kappa shape index (κ1) is 30.0. The zero-order chi connectivity index (χ0) is 46.2. The number of hydrogen-bond acceptors (Lipinski definition) is 3. The first-order valence-electron chi connectivity index (χ1n) is 22.8. The summed E-state index contributed by atoms with van der Waals surface area (Å²) in [5, 5.41) is 11.8. The van der Waals surface area contributed by atoms with E-state index in [0.717, 1.165) is 61.2 Å². The molecule has 0 aliphatic heterocycles. The Morgan fingerprint density at radius 3 is 2.05 bits per heavy atom. The summed E-state index contributed by atoms with van der Waals surface area (Å²) in [6, 6.07) is 34.6. The molecule has 0 aliphatic rings. The fourth-order valence-corrected chi connectivity index (χ4v) is 7.50. The molecule has 1 N–H and O–H groups in total. The van der Waals surface area contributed by atoms with Gasteiger partial charge < -0.3 is 5.11 Å². The molecular weight excluding hydrogens is 695 g/mol. The summed E-state index contributed by atoms with van der Waals surface area (Å²) < 4.78 is 60.5. The molecule has 57 heavy (non-hydrogen) atoms. The predicted octanol–water partition coefficient (Wildman–Crippen LogP) is 14.0. The van der Waals surface area contributed by atoms with E-state index < -0.39 is 36.6 Å². The van der Waals surface area contributed by atoms with Gasteiger partial charge in [0, 0.05) is 27.0 Å². The van der Waals surface area contributed by atoms with E-state index in [1.54, 1.807) is 18.3 Å². The van der Waals surface area contributed by atoms with E-state index in [-0.39, 0.29) is 22.1 Å². The number of para-hydroxylation sites is 1. The van der Waals surface area contributed by atoms with E-state index in [1.807, 2.05) is 56.3 Å². The molecule has 4 nitrogen and oxygen atoms in total. The molecule has 0 radical (unpaired) electrons. The lowest BCUT2D eigenvalue weighted by molar-refractivity contribution is 0.472.